The zero-order valence-electron chi connectivity index (χ0n) is 11.0. The van der Waals surface area contributed by atoms with E-state index in [-0.39, 0.29) is 0 Å². The van der Waals surface area contributed by atoms with Crippen LogP contribution in [-0.4, -0.2) is 23.6 Å². The molecule has 2 heterocycles. The van der Waals surface area contributed by atoms with Crippen molar-refractivity contribution in [3.8, 4) is 5.75 Å². The predicted octanol–water partition coefficient (Wildman–Crippen LogP) is 2.83. The molecule has 0 bridgehead atoms. The van der Waals surface area contributed by atoms with Crippen LogP contribution in [0.4, 0.5) is 5.95 Å². The summed E-state index contributed by atoms with van der Waals surface area (Å²) in [5.41, 5.74) is 1.30. The van der Waals surface area contributed by atoms with Gasteiger partial charge in [0.1, 0.15) is 5.75 Å². The Morgan fingerprint density at radius 1 is 1.16 bits per heavy atom. The summed E-state index contributed by atoms with van der Waals surface area (Å²) < 4.78 is 5.21. The fourth-order valence-electron chi connectivity index (χ4n) is 2.62. The fourth-order valence-corrected chi connectivity index (χ4v) is 2.62. The lowest BCUT2D eigenvalue weighted by Crippen LogP contribution is -2.24. The lowest BCUT2D eigenvalue weighted by Gasteiger charge is -2.24. The molecule has 4 heteroatoms. The second kappa shape index (κ2) is 5.26. The number of hydrogen-bond acceptors (Lipinski definition) is 4. The van der Waals surface area contributed by atoms with Gasteiger partial charge in [0.25, 0.3) is 0 Å². The van der Waals surface area contributed by atoms with Gasteiger partial charge in [-0.15, -0.1) is 0 Å². The summed E-state index contributed by atoms with van der Waals surface area (Å²) in [5.74, 6) is 1.71. The SMILES string of the molecule is COc1ccc([C@H]2CCCN2c2ncccn2)cc1. The van der Waals surface area contributed by atoms with E-state index in [9.17, 15) is 0 Å². The molecule has 1 fully saturated rings. The van der Waals surface area contributed by atoms with Gasteiger partial charge >= 0.3 is 0 Å². The molecule has 2 aromatic rings. The van der Waals surface area contributed by atoms with E-state index in [4.69, 9.17) is 4.74 Å². The molecule has 1 aromatic carbocycles. The smallest absolute Gasteiger partial charge is 0.225 e. The van der Waals surface area contributed by atoms with Gasteiger partial charge in [0.15, 0.2) is 0 Å². The number of hydrogen-bond donors (Lipinski definition) is 0. The highest BCUT2D eigenvalue weighted by Crippen LogP contribution is 2.34. The zero-order chi connectivity index (χ0) is 13.1. The predicted molar refractivity (Wildman–Crippen MR) is 74.3 cm³/mol. The maximum Gasteiger partial charge on any atom is 0.225 e. The molecule has 19 heavy (non-hydrogen) atoms. The third-order valence-electron chi connectivity index (χ3n) is 3.56. The van der Waals surface area contributed by atoms with Gasteiger partial charge in [-0.05, 0) is 36.6 Å². The molecule has 0 saturated carbocycles. The maximum atomic E-state index is 5.21. The molecule has 0 aliphatic carbocycles. The van der Waals surface area contributed by atoms with E-state index in [1.807, 2.05) is 18.2 Å². The Morgan fingerprint density at radius 2 is 1.89 bits per heavy atom. The van der Waals surface area contributed by atoms with Crippen LogP contribution in [-0.2, 0) is 0 Å². The minimum absolute atomic E-state index is 0.369. The number of aromatic nitrogens is 2. The molecule has 3 rings (SSSR count). The van der Waals surface area contributed by atoms with Crippen LogP contribution in [0.2, 0.25) is 0 Å². The molecule has 98 valence electrons. The van der Waals surface area contributed by atoms with Gasteiger partial charge in [0, 0.05) is 18.9 Å². The van der Waals surface area contributed by atoms with Crippen LogP contribution in [0.3, 0.4) is 0 Å². The average molecular weight is 255 g/mol. The van der Waals surface area contributed by atoms with Crippen molar-refractivity contribution in [1.29, 1.82) is 0 Å². The minimum Gasteiger partial charge on any atom is -0.497 e. The molecule has 0 radical (unpaired) electrons. The lowest BCUT2D eigenvalue weighted by molar-refractivity contribution is 0.414. The van der Waals surface area contributed by atoms with Crippen molar-refractivity contribution in [2.75, 3.05) is 18.6 Å². The lowest BCUT2D eigenvalue weighted by atomic mass is 10.0. The second-order valence-corrected chi connectivity index (χ2v) is 4.67. The van der Waals surface area contributed by atoms with Crippen molar-refractivity contribution < 1.29 is 4.74 Å². The Hall–Kier alpha value is -2.10. The third kappa shape index (κ3) is 2.38. The third-order valence-corrected chi connectivity index (χ3v) is 3.56. The highest BCUT2D eigenvalue weighted by molar-refractivity contribution is 5.39. The standard InChI is InChI=1S/C15H17N3O/c1-19-13-7-5-12(6-8-13)14-4-2-11-18(14)15-16-9-3-10-17-15/h3,5-10,14H,2,4,11H2,1H3/t14-/m1/s1. The highest BCUT2D eigenvalue weighted by Gasteiger charge is 2.27. The molecule has 0 amide bonds. The summed E-state index contributed by atoms with van der Waals surface area (Å²) in [5, 5.41) is 0. The molecule has 0 N–H and O–H groups in total. The molecule has 4 nitrogen and oxygen atoms in total. The Morgan fingerprint density at radius 3 is 2.58 bits per heavy atom. The molecule has 1 atom stereocenters. The minimum atomic E-state index is 0.369. The van der Waals surface area contributed by atoms with Crippen molar-refractivity contribution in [3.63, 3.8) is 0 Å². The van der Waals surface area contributed by atoms with Crippen LogP contribution in [0, 0.1) is 0 Å². The molecule has 1 aromatic heterocycles. The largest absolute Gasteiger partial charge is 0.497 e. The number of methoxy groups -OCH3 is 1. The summed E-state index contributed by atoms with van der Waals surface area (Å²) in [6.45, 7) is 1.01. The first kappa shape index (κ1) is 12.0. The van der Waals surface area contributed by atoms with E-state index in [1.165, 1.54) is 12.0 Å². The van der Waals surface area contributed by atoms with E-state index in [0.29, 0.717) is 6.04 Å². The summed E-state index contributed by atoms with van der Waals surface area (Å²) in [6, 6.07) is 10.5. The Bertz CT molecular complexity index is 527. The van der Waals surface area contributed by atoms with E-state index in [0.717, 1.165) is 24.7 Å². The number of anilines is 1. The van der Waals surface area contributed by atoms with Gasteiger partial charge in [-0.2, -0.15) is 0 Å². The fraction of sp³-hybridized carbons (Fsp3) is 0.333. The summed E-state index contributed by atoms with van der Waals surface area (Å²) in [4.78, 5) is 11.0. The number of benzene rings is 1. The van der Waals surface area contributed by atoms with Gasteiger partial charge in [-0.3, -0.25) is 0 Å². The van der Waals surface area contributed by atoms with Gasteiger partial charge < -0.3 is 9.64 Å². The topological polar surface area (TPSA) is 38.2 Å². The maximum absolute atomic E-state index is 5.21. The van der Waals surface area contributed by atoms with Crippen molar-refractivity contribution in [2.45, 2.75) is 18.9 Å². The second-order valence-electron chi connectivity index (χ2n) is 4.67. The van der Waals surface area contributed by atoms with Crippen molar-refractivity contribution in [3.05, 3.63) is 48.3 Å². The molecule has 0 unspecified atom stereocenters. The number of ether oxygens (including phenoxy) is 1. The highest BCUT2D eigenvalue weighted by atomic mass is 16.5. The van der Waals surface area contributed by atoms with E-state index in [1.54, 1.807) is 19.5 Å². The summed E-state index contributed by atoms with van der Waals surface area (Å²) in [7, 11) is 1.69. The summed E-state index contributed by atoms with van der Waals surface area (Å²) in [6.07, 6.45) is 5.91. The van der Waals surface area contributed by atoms with E-state index in [2.05, 4.69) is 27.0 Å². The first-order chi connectivity index (χ1) is 9.38. The molecule has 1 aliphatic rings. The van der Waals surface area contributed by atoms with Crippen LogP contribution in [0.25, 0.3) is 0 Å². The van der Waals surface area contributed by atoms with Crippen LogP contribution < -0.4 is 9.64 Å². The van der Waals surface area contributed by atoms with Crippen LogP contribution in [0.15, 0.2) is 42.7 Å². The number of nitrogens with zero attached hydrogens (tertiary/aromatic N) is 3. The molecule has 0 spiro atoms. The van der Waals surface area contributed by atoms with E-state index < -0.39 is 0 Å². The first-order valence-electron chi connectivity index (χ1n) is 6.56. The summed E-state index contributed by atoms with van der Waals surface area (Å²) >= 11 is 0. The Kier molecular flexibility index (Phi) is 3.31. The molecular formula is C15H17N3O. The van der Waals surface area contributed by atoms with Crippen molar-refractivity contribution in [1.82, 2.24) is 9.97 Å². The Balaban J connectivity index is 1.86. The van der Waals surface area contributed by atoms with Crippen molar-refractivity contribution >= 4 is 5.95 Å². The molecule has 1 saturated heterocycles. The van der Waals surface area contributed by atoms with Gasteiger partial charge in [-0.25, -0.2) is 9.97 Å². The van der Waals surface area contributed by atoms with E-state index >= 15 is 0 Å². The van der Waals surface area contributed by atoms with Crippen LogP contribution in [0.5, 0.6) is 5.75 Å². The molecule has 1 aliphatic heterocycles. The first-order valence-corrected chi connectivity index (χ1v) is 6.56. The quantitative estimate of drug-likeness (QED) is 0.845. The van der Waals surface area contributed by atoms with Gasteiger partial charge in [0.05, 0.1) is 13.2 Å². The molecular weight excluding hydrogens is 238 g/mol. The number of rotatable bonds is 3. The van der Waals surface area contributed by atoms with Crippen molar-refractivity contribution in [2.24, 2.45) is 0 Å². The normalized spacial score (nSPS) is 18.6. The monoisotopic (exact) mass is 255 g/mol. The zero-order valence-corrected chi connectivity index (χ0v) is 11.0. The Labute approximate surface area is 113 Å². The van der Waals surface area contributed by atoms with Gasteiger partial charge in [0.2, 0.25) is 5.95 Å². The van der Waals surface area contributed by atoms with Gasteiger partial charge in [-0.1, -0.05) is 12.1 Å². The average Bonchev–Trinajstić information content (AvgIpc) is 2.98. The van der Waals surface area contributed by atoms with Crippen LogP contribution in [0.1, 0.15) is 24.4 Å². The van der Waals surface area contributed by atoms with Crippen LogP contribution >= 0.6 is 0 Å².